The Balaban J connectivity index is 1.40. The fraction of sp³-hybridized carbons (Fsp3) is 0.429. The number of benzene rings is 1. The van der Waals surface area contributed by atoms with Crippen molar-refractivity contribution in [3.63, 3.8) is 0 Å². The molecule has 1 aliphatic heterocycles. The lowest BCUT2D eigenvalue weighted by atomic mass is 9.63. The van der Waals surface area contributed by atoms with Gasteiger partial charge in [0.1, 0.15) is 5.75 Å². The molecule has 0 N–H and O–H groups in total. The lowest BCUT2D eigenvalue weighted by Crippen LogP contribution is -2.38. The average molecular weight is 382 g/mol. The number of allylic oxidation sites excluding steroid dienone is 2. The number of imide groups is 1. The second-order valence-corrected chi connectivity index (χ2v) is 7.24. The van der Waals surface area contributed by atoms with Crippen LogP contribution in [-0.2, 0) is 19.1 Å². The molecule has 28 heavy (non-hydrogen) atoms. The van der Waals surface area contributed by atoms with Crippen LogP contribution in [0.4, 0.5) is 0 Å². The Hall–Kier alpha value is -2.96. The van der Waals surface area contributed by atoms with Gasteiger partial charge in [0.05, 0.1) is 24.7 Å². The third kappa shape index (κ3) is 3.32. The number of nitrogens with zero attached hydrogens (tertiary/aromatic N) is 2. The third-order valence-electron chi connectivity index (χ3n) is 5.60. The minimum Gasteiger partial charge on any atom is -0.482 e. The molecule has 1 saturated carbocycles. The summed E-state index contributed by atoms with van der Waals surface area (Å²) in [7, 11) is 0. The summed E-state index contributed by atoms with van der Waals surface area (Å²) in [4.78, 5) is 36.7. The van der Waals surface area contributed by atoms with Crippen molar-refractivity contribution in [3.8, 4) is 5.75 Å². The zero-order valence-electron chi connectivity index (χ0n) is 15.6. The van der Waals surface area contributed by atoms with E-state index in [0.29, 0.717) is 12.4 Å². The number of hydrogen-bond donors (Lipinski definition) is 0. The first-order chi connectivity index (χ1) is 13.6. The number of carbonyl (C=O) groups is 3. The Kier molecular flexibility index (Phi) is 4.98. The highest BCUT2D eigenvalue weighted by Crippen LogP contribution is 2.49. The van der Waals surface area contributed by atoms with Crippen LogP contribution in [0, 0.1) is 23.7 Å². The normalized spacial score (nSPS) is 28.1. The number of carbonyl (C=O) groups excluding carboxylic acids is 3. The maximum absolute atomic E-state index is 12.7. The monoisotopic (exact) mass is 382 g/mol. The van der Waals surface area contributed by atoms with Crippen molar-refractivity contribution in [3.05, 3.63) is 42.0 Å². The quantitative estimate of drug-likeness (QED) is 0.326. The van der Waals surface area contributed by atoms with E-state index in [1.165, 1.54) is 6.21 Å². The molecule has 1 heterocycles. The van der Waals surface area contributed by atoms with Crippen molar-refractivity contribution in [2.45, 2.75) is 19.8 Å². The number of amides is 2. The molecular formula is C21H22N2O5. The van der Waals surface area contributed by atoms with E-state index in [2.05, 4.69) is 17.3 Å². The molecule has 7 nitrogen and oxygen atoms in total. The first-order valence-corrected chi connectivity index (χ1v) is 9.57. The van der Waals surface area contributed by atoms with Gasteiger partial charge < -0.3 is 9.47 Å². The Morgan fingerprint density at radius 2 is 1.71 bits per heavy atom. The van der Waals surface area contributed by atoms with Gasteiger partial charge in [0.2, 0.25) is 0 Å². The second-order valence-electron chi connectivity index (χ2n) is 7.24. The van der Waals surface area contributed by atoms with E-state index >= 15 is 0 Å². The molecule has 2 bridgehead atoms. The number of hydrazone groups is 1. The van der Waals surface area contributed by atoms with Crippen molar-refractivity contribution in [1.82, 2.24) is 5.01 Å². The van der Waals surface area contributed by atoms with Crippen LogP contribution in [0.15, 0.2) is 41.5 Å². The highest BCUT2D eigenvalue weighted by Gasteiger charge is 2.56. The Bertz CT molecular complexity index is 813. The van der Waals surface area contributed by atoms with E-state index in [0.717, 1.165) is 23.4 Å². The number of esters is 1. The highest BCUT2D eigenvalue weighted by atomic mass is 16.6. The molecule has 7 heteroatoms. The van der Waals surface area contributed by atoms with E-state index in [9.17, 15) is 14.4 Å². The lowest BCUT2D eigenvalue weighted by molar-refractivity contribution is -0.145. The van der Waals surface area contributed by atoms with Crippen LogP contribution >= 0.6 is 0 Å². The fourth-order valence-electron chi connectivity index (χ4n) is 4.29. The summed E-state index contributed by atoms with van der Waals surface area (Å²) < 4.78 is 10.1. The average Bonchev–Trinajstić information content (AvgIpc) is 2.99. The number of hydrogen-bond acceptors (Lipinski definition) is 6. The molecular weight excluding hydrogens is 360 g/mol. The summed E-state index contributed by atoms with van der Waals surface area (Å²) in [5.74, 6) is -0.500. The fourth-order valence-corrected chi connectivity index (χ4v) is 4.29. The minimum absolute atomic E-state index is 0.155. The van der Waals surface area contributed by atoms with Crippen molar-refractivity contribution >= 4 is 24.0 Å². The maximum atomic E-state index is 12.7. The van der Waals surface area contributed by atoms with Gasteiger partial charge in [0.15, 0.2) is 6.61 Å². The van der Waals surface area contributed by atoms with E-state index in [1.807, 2.05) is 0 Å². The molecule has 1 saturated heterocycles. The number of rotatable bonds is 6. The molecule has 3 aliphatic carbocycles. The largest absolute Gasteiger partial charge is 0.482 e. The molecule has 4 aliphatic rings. The summed E-state index contributed by atoms with van der Waals surface area (Å²) in [6, 6.07) is 6.87. The molecule has 1 aromatic rings. The van der Waals surface area contributed by atoms with Gasteiger partial charge in [-0.1, -0.05) is 12.2 Å². The zero-order valence-corrected chi connectivity index (χ0v) is 15.6. The van der Waals surface area contributed by atoms with Gasteiger partial charge in [0.25, 0.3) is 11.8 Å². The Morgan fingerprint density at radius 1 is 1.11 bits per heavy atom. The van der Waals surface area contributed by atoms with Crippen LogP contribution in [-0.4, -0.2) is 42.2 Å². The van der Waals surface area contributed by atoms with E-state index in [1.54, 1.807) is 31.2 Å². The molecule has 5 rings (SSSR count). The molecule has 4 atom stereocenters. The summed E-state index contributed by atoms with van der Waals surface area (Å²) in [6.45, 7) is 1.89. The summed E-state index contributed by atoms with van der Waals surface area (Å²) in [6.07, 6.45) is 7.60. The highest BCUT2D eigenvalue weighted by molar-refractivity contribution is 6.06. The van der Waals surface area contributed by atoms with Gasteiger partial charge in [-0.25, -0.2) is 4.79 Å². The predicted octanol–water partition coefficient (Wildman–Crippen LogP) is 2.16. The smallest absolute Gasteiger partial charge is 0.344 e. The number of ether oxygens (including phenoxy) is 2. The second kappa shape index (κ2) is 7.58. The molecule has 0 radical (unpaired) electrons. The maximum Gasteiger partial charge on any atom is 0.344 e. The summed E-state index contributed by atoms with van der Waals surface area (Å²) >= 11 is 0. The standard InChI is InChI=1S/C21H22N2O5/c1-2-27-17(24)12-28-16-9-3-13(4-10-16)11-22-23-20(25)18-14-5-6-15(8-7-14)19(18)21(23)26/h3-6,9-11,14-15,18-19H,2,7-8,12H2,1H3/b22-11-/t14-,15-,18-,19+/m0/s1. The van der Waals surface area contributed by atoms with Gasteiger partial charge in [-0.05, 0) is 61.4 Å². The van der Waals surface area contributed by atoms with Gasteiger partial charge >= 0.3 is 5.97 Å². The van der Waals surface area contributed by atoms with Crippen LogP contribution in [0.3, 0.4) is 0 Å². The molecule has 146 valence electrons. The van der Waals surface area contributed by atoms with Gasteiger partial charge in [0, 0.05) is 0 Å². The van der Waals surface area contributed by atoms with E-state index < -0.39 is 5.97 Å². The van der Waals surface area contributed by atoms with Crippen molar-refractivity contribution in [2.24, 2.45) is 28.8 Å². The molecule has 2 amide bonds. The van der Waals surface area contributed by atoms with Crippen LogP contribution < -0.4 is 4.74 Å². The SMILES string of the molecule is CCOC(=O)COc1ccc(/C=N\N2C(=O)[C@@H]3[C@H](C2=O)[C@H]2C=C[C@H]3CC2)cc1. The molecule has 0 aromatic heterocycles. The summed E-state index contributed by atoms with van der Waals surface area (Å²) in [5.41, 5.74) is 0.722. The van der Waals surface area contributed by atoms with Crippen molar-refractivity contribution in [2.75, 3.05) is 13.2 Å². The topological polar surface area (TPSA) is 85.3 Å². The first-order valence-electron chi connectivity index (χ1n) is 9.57. The van der Waals surface area contributed by atoms with Gasteiger partial charge in [-0.15, -0.1) is 0 Å². The lowest BCUT2D eigenvalue weighted by Gasteiger charge is -2.37. The number of fused-ring (bicyclic) bond motifs is 1. The molecule has 0 unspecified atom stereocenters. The van der Waals surface area contributed by atoms with Crippen LogP contribution in [0.5, 0.6) is 5.75 Å². The van der Waals surface area contributed by atoms with E-state index in [-0.39, 0.29) is 42.1 Å². The third-order valence-corrected chi connectivity index (χ3v) is 5.60. The Labute approximate surface area is 163 Å². The van der Waals surface area contributed by atoms with Crippen molar-refractivity contribution in [1.29, 1.82) is 0 Å². The van der Waals surface area contributed by atoms with Gasteiger partial charge in [-0.2, -0.15) is 10.1 Å². The minimum atomic E-state index is -0.427. The van der Waals surface area contributed by atoms with Crippen LogP contribution in [0.2, 0.25) is 0 Å². The van der Waals surface area contributed by atoms with E-state index in [4.69, 9.17) is 9.47 Å². The molecule has 0 spiro atoms. The molecule has 2 fully saturated rings. The first kappa shape index (κ1) is 18.4. The predicted molar refractivity (Wildman–Crippen MR) is 100 cm³/mol. The molecule has 1 aromatic carbocycles. The Morgan fingerprint density at radius 3 is 2.25 bits per heavy atom. The van der Waals surface area contributed by atoms with Crippen molar-refractivity contribution < 1.29 is 23.9 Å². The van der Waals surface area contributed by atoms with Crippen LogP contribution in [0.1, 0.15) is 25.3 Å². The summed E-state index contributed by atoms with van der Waals surface area (Å²) in [5, 5.41) is 5.21. The van der Waals surface area contributed by atoms with Crippen LogP contribution in [0.25, 0.3) is 0 Å². The van der Waals surface area contributed by atoms with Gasteiger partial charge in [-0.3, -0.25) is 9.59 Å². The zero-order chi connectivity index (χ0) is 19.7.